The Bertz CT molecular complexity index is 1400. The molecular formula is C69H136N2O7P+. The number of hydrogen-bond acceptors (Lipinski definition) is 6. The van der Waals surface area contributed by atoms with Gasteiger partial charge in [0.25, 0.3) is 0 Å². The number of amides is 1. The fourth-order valence-corrected chi connectivity index (χ4v) is 11.3. The maximum absolute atomic E-state index is 13.6. The highest BCUT2D eigenvalue weighted by atomic mass is 31.2. The molecule has 3 unspecified atom stereocenters. The molecule has 0 bridgehead atoms. The van der Waals surface area contributed by atoms with Gasteiger partial charge in [-0.2, -0.15) is 0 Å². The van der Waals surface area contributed by atoms with Gasteiger partial charge in [0.05, 0.1) is 33.8 Å². The van der Waals surface area contributed by atoms with Gasteiger partial charge in [-0.15, -0.1) is 0 Å². The molecule has 0 rings (SSSR count). The number of allylic oxidation sites excluding steroid dienone is 3. The molecule has 0 aliphatic rings. The summed E-state index contributed by atoms with van der Waals surface area (Å²) in [6, 6.07) is -0.846. The van der Waals surface area contributed by atoms with Crippen molar-refractivity contribution in [2.45, 2.75) is 367 Å². The van der Waals surface area contributed by atoms with Gasteiger partial charge in [-0.1, -0.05) is 309 Å². The lowest BCUT2D eigenvalue weighted by atomic mass is 10.0. The van der Waals surface area contributed by atoms with E-state index >= 15 is 0 Å². The summed E-state index contributed by atoms with van der Waals surface area (Å²) in [5, 5.41) is 3.07. The molecule has 2 N–H and O–H groups in total. The Hall–Kier alpha value is -1.51. The van der Waals surface area contributed by atoms with Gasteiger partial charge in [0.15, 0.2) is 0 Å². The monoisotopic (exact) mass is 1140 g/mol. The Morgan fingerprint density at radius 2 is 0.734 bits per heavy atom. The van der Waals surface area contributed by atoms with Crippen LogP contribution in [0.4, 0.5) is 0 Å². The van der Waals surface area contributed by atoms with Crippen molar-refractivity contribution < 1.29 is 37.3 Å². The van der Waals surface area contributed by atoms with Crippen LogP contribution in [0.5, 0.6) is 0 Å². The summed E-state index contributed by atoms with van der Waals surface area (Å²) in [5.74, 6) is -0.489. The van der Waals surface area contributed by atoms with Gasteiger partial charge in [-0.05, 0) is 57.4 Å². The Morgan fingerprint density at radius 3 is 1.08 bits per heavy atom. The number of unbranched alkanes of at least 4 members (excludes halogenated alkanes) is 46. The van der Waals surface area contributed by atoms with E-state index in [0.717, 1.165) is 57.8 Å². The Morgan fingerprint density at radius 1 is 0.430 bits per heavy atom. The van der Waals surface area contributed by atoms with Crippen molar-refractivity contribution in [2.24, 2.45) is 0 Å². The highest BCUT2D eigenvalue weighted by Crippen LogP contribution is 2.43. The van der Waals surface area contributed by atoms with Crippen LogP contribution in [-0.2, 0) is 27.9 Å². The van der Waals surface area contributed by atoms with Crippen molar-refractivity contribution in [3.8, 4) is 0 Å². The van der Waals surface area contributed by atoms with Crippen molar-refractivity contribution in [1.82, 2.24) is 5.32 Å². The molecule has 79 heavy (non-hydrogen) atoms. The minimum atomic E-state index is -4.45. The molecule has 0 saturated heterocycles. The average Bonchev–Trinajstić information content (AvgIpc) is 3.41. The van der Waals surface area contributed by atoms with E-state index in [1.807, 2.05) is 33.3 Å². The molecule has 0 radical (unpaired) electrons. The van der Waals surface area contributed by atoms with E-state index in [4.69, 9.17) is 13.8 Å². The number of nitrogens with one attached hydrogen (secondary N) is 1. The molecule has 0 aliphatic heterocycles. The van der Waals surface area contributed by atoms with Gasteiger partial charge in [0.2, 0.25) is 5.91 Å². The topological polar surface area (TPSA) is 111 Å². The molecule has 0 saturated carbocycles. The molecule has 0 fully saturated rings. The first kappa shape index (κ1) is 77.5. The summed E-state index contributed by atoms with van der Waals surface area (Å²) in [5.41, 5.74) is 0. The largest absolute Gasteiger partial charge is 0.472 e. The number of ether oxygens (including phenoxy) is 1. The van der Waals surface area contributed by atoms with Crippen LogP contribution in [0, 0.1) is 0 Å². The van der Waals surface area contributed by atoms with E-state index in [-0.39, 0.29) is 25.1 Å². The normalized spacial score (nSPS) is 13.7. The molecule has 3 atom stereocenters. The van der Waals surface area contributed by atoms with Crippen molar-refractivity contribution in [3.63, 3.8) is 0 Å². The number of nitrogens with zero attached hydrogens (tertiary/aromatic N) is 1. The minimum Gasteiger partial charge on any atom is -0.456 e. The second-order valence-corrected chi connectivity index (χ2v) is 26.5. The van der Waals surface area contributed by atoms with Gasteiger partial charge in [0.1, 0.15) is 19.3 Å². The van der Waals surface area contributed by atoms with E-state index in [9.17, 15) is 19.0 Å². The molecule has 468 valence electrons. The fraction of sp³-hybridized carbons (Fsp3) is 0.913. The molecule has 0 aromatic carbocycles. The number of phosphoric ester groups is 1. The minimum absolute atomic E-state index is 0.0432. The standard InChI is InChI=1S/C69H135N2O7P/c1-7-10-13-16-19-22-25-28-30-32-33-34-35-36-37-39-41-44-47-50-53-56-59-62-69(73)78-67(60-57-54-51-48-45-42-27-24-21-18-15-12-9-3)66(65-77-79(74,75)76-64-63-71(4,5)6)70-68(72)61-58-55-52-49-46-43-40-38-31-29-26-23-20-17-14-11-8-2/h29,31,57,60,66-67H,7-28,30,32-56,58-59,61-65H2,1-6H3,(H-,70,72,74,75)/p+1/b31-29+,60-57-. The highest BCUT2D eigenvalue weighted by Gasteiger charge is 2.30. The van der Waals surface area contributed by atoms with Crippen LogP contribution in [0.3, 0.4) is 0 Å². The molecule has 1 amide bonds. The van der Waals surface area contributed by atoms with Gasteiger partial charge in [-0.25, -0.2) is 4.57 Å². The average molecular weight is 1140 g/mol. The van der Waals surface area contributed by atoms with Gasteiger partial charge >= 0.3 is 13.8 Å². The first-order valence-corrected chi connectivity index (χ1v) is 36.2. The maximum atomic E-state index is 13.6. The van der Waals surface area contributed by atoms with Crippen LogP contribution in [0.15, 0.2) is 24.3 Å². The Kier molecular flexibility index (Phi) is 58.5. The summed E-state index contributed by atoms with van der Waals surface area (Å²) in [7, 11) is 1.51. The molecular weight excluding hydrogens is 1000 g/mol. The third-order valence-electron chi connectivity index (χ3n) is 15.9. The van der Waals surface area contributed by atoms with Crippen molar-refractivity contribution >= 4 is 19.7 Å². The van der Waals surface area contributed by atoms with Crippen molar-refractivity contribution in [3.05, 3.63) is 24.3 Å². The summed E-state index contributed by atoms with van der Waals surface area (Å²) >= 11 is 0. The van der Waals surface area contributed by atoms with E-state index in [2.05, 4.69) is 38.2 Å². The zero-order valence-electron chi connectivity index (χ0n) is 53.6. The van der Waals surface area contributed by atoms with Crippen LogP contribution in [0.25, 0.3) is 0 Å². The van der Waals surface area contributed by atoms with Crippen LogP contribution < -0.4 is 5.32 Å². The number of phosphoric acid groups is 1. The Labute approximate surface area is 492 Å². The second-order valence-electron chi connectivity index (χ2n) is 25.1. The second kappa shape index (κ2) is 59.6. The summed E-state index contributed by atoms with van der Waals surface area (Å²) in [6.07, 6.45) is 71.8. The lowest BCUT2D eigenvalue weighted by Gasteiger charge is -2.27. The summed E-state index contributed by atoms with van der Waals surface area (Å²) < 4.78 is 30.8. The van der Waals surface area contributed by atoms with Gasteiger partial charge < -0.3 is 19.4 Å². The predicted octanol–water partition coefficient (Wildman–Crippen LogP) is 21.7. The van der Waals surface area contributed by atoms with E-state index < -0.39 is 20.0 Å². The molecule has 0 spiro atoms. The van der Waals surface area contributed by atoms with E-state index in [1.165, 1.54) is 263 Å². The SMILES string of the molecule is CCCCCCCC/C=C/CCCCCCCCCC(=O)NC(COP(=O)(O)OCC[N+](C)(C)C)C(/C=C\CCCCCCCCCCCCC)OC(=O)CCCCCCCCCCCCCCCCCCCCCCCCC. The predicted molar refractivity (Wildman–Crippen MR) is 342 cm³/mol. The third kappa shape index (κ3) is 60.9. The van der Waals surface area contributed by atoms with Crippen molar-refractivity contribution in [2.75, 3.05) is 40.9 Å². The van der Waals surface area contributed by atoms with Crippen LogP contribution in [0.2, 0.25) is 0 Å². The number of quaternary nitrogens is 1. The van der Waals surface area contributed by atoms with Crippen LogP contribution >= 0.6 is 7.82 Å². The zero-order valence-corrected chi connectivity index (χ0v) is 54.5. The smallest absolute Gasteiger partial charge is 0.456 e. The third-order valence-corrected chi connectivity index (χ3v) is 16.9. The van der Waals surface area contributed by atoms with E-state index in [0.29, 0.717) is 23.9 Å². The first-order chi connectivity index (χ1) is 38.4. The lowest BCUT2D eigenvalue weighted by molar-refractivity contribution is -0.870. The zero-order chi connectivity index (χ0) is 57.9. The molecule has 9 nitrogen and oxygen atoms in total. The van der Waals surface area contributed by atoms with Crippen LogP contribution in [0.1, 0.15) is 355 Å². The molecule has 0 heterocycles. The summed E-state index contributed by atoms with van der Waals surface area (Å²) in [4.78, 5) is 37.8. The molecule has 0 aromatic heterocycles. The van der Waals surface area contributed by atoms with E-state index in [1.54, 1.807) is 0 Å². The lowest BCUT2D eigenvalue weighted by Crippen LogP contribution is -2.47. The number of carbonyl (C=O) groups is 2. The molecule has 0 aliphatic carbocycles. The quantitative estimate of drug-likeness (QED) is 0.0205. The number of likely N-dealkylation sites (N-methyl/N-ethyl adjacent to an activating group) is 1. The van der Waals surface area contributed by atoms with Gasteiger partial charge in [-0.3, -0.25) is 18.6 Å². The van der Waals surface area contributed by atoms with Crippen molar-refractivity contribution in [1.29, 1.82) is 0 Å². The molecule has 0 aromatic rings. The molecule has 10 heteroatoms. The van der Waals surface area contributed by atoms with Crippen LogP contribution in [-0.4, -0.2) is 74.3 Å². The summed E-state index contributed by atoms with van der Waals surface area (Å²) in [6.45, 7) is 7.07. The highest BCUT2D eigenvalue weighted by molar-refractivity contribution is 7.47. The number of rotatable bonds is 64. The number of hydrogen-bond donors (Lipinski definition) is 2. The first-order valence-electron chi connectivity index (χ1n) is 34.7. The fourth-order valence-electron chi connectivity index (χ4n) is 10.5. The Balaban J connectivity index is 5.10. The van der Waals surface area contributed by atoms with Gasteiger partial charge in [0, 0.05) is 12.8 Å². The number of carbonyl (C=O) groups excluding carboxylic acids is 2. The number of esters is 1. The maximum Gasteiger partial charge on any atom is 0.472 e.